The van der Waals surface area contributed by atoms with Gasteiger partial charge in [-0.05, 0) is 30.7 Å². The van der Waals surface area contributed by atoms with Crippen molar-refractivity contribution in [3.05, 3.63) is 35.5 Å². The lowest BCUT2D eigenvalue weighted by Crippen LogP contribution is -2.19. The van der Waals surface area contributed by atoms with Crippen LogP contribution in [0.2, 0.25) is 5.02 Å². The van der Waals surface area contributed by atoms with Crippen LogP contribution in [-0.2, 0) is 0 Å². The highest BCUT2D eigenvalue weighted by Gasteiger charge is 2.21. The molecule has 0 saturated carbocycles. The van der Waals surface area contributed by atoms with Gasteiger partial charge in [-0.1, -0.05) is 27.5 Å². The monoisotopic (exact) mass is 310 g/mol. The summed E-state index contributed by atoms with van der Waals surface area (Å²) in [4.78, 5) is 7.37. The summed E-state index contributed by atoms with van der Waals surface area (Å²) in [6.45, 7) is 2.15. The Bertz CT molecular complexity index is 558. The number of hydrogen-bond donors (Lipinski definition) is 0. The molecule has 1 unspecified atom stereocenters. The third-order valence-electron chi connectivity index (χ3n) is 3.15. The van der Waals surface area contributed by atoms with E-state index in [2.05, 4.69) is 37.9 Å². The van der Waals surface area contributed by atoms with Crippen LogP contribution in [0.3, 0.4) is 0 Å². The zero-order valence-corrected chi connectivity index (χ0v) is 11.6. The van der Waals surface area contributed by atoms with E-state index >= 15 is 0 Å². The Morgan fingerprint density at radius 2 is 2.24 bits per heavy atom. The van der Waals surface area contributed by atoms with Crippen molar-refractivity contribution < 1.29 is 0 Å². The summed E-state index contributed by atoms with van der Waals surface area (Å²) in [5.74, 6) is 0. The minimum Gasteiger partial charge on any atom is -0.370 e. The summed E-state index contributed by atoms with van der Waals surface area (Å²) in [6, 6.07) is 7.99. The number of aromatic nitrogens is 1. The summed E-state index contributed by atoms with van der Waals surface area (Å²) < 4.78 is 0. The van der Waals surface area contributed by atoms with Gasteiger partial charge >= 0.3 is 0 Å². The van der Waals surface area contributed by atoms with Crippen molar-refractivity contribution in [2.24, 2.45) is 0 Å². The number of anilines is 1. The average Bonchev–Trinajstić information content (AvgIpc) is 2.74. The van der Waals surface area contributed by atoms with E-state index in [1.165, 1.54) is 17.5 Å². The fourth-order valence-electron chi connectivity index (χ4n) is 2.32. The van der Waals surface area contributed by atoms with E-state index in [0.29, 0.717) is 4.83 Å². The van der Waals surface area contributed by atoms with E-state index in [9.17, 15) is 0 Å². The van der Waals surface area contributed by atoms with Crippen LogP contribution in [0.15, 0.2) is 30.5 Å². The van der Waals surface area contributed by atoms with Gasteiger partial charge < -0.3 is 4.90 Å². The number of halogens is 2. The van der Waals surface area contributed by atoms with E-state index in [4.69, 9.17) is 11.6 Å². The molecule has 0 aliphatic carbocycles. The summed E-state index contributed by atoms with van der Waals surface area (Å²) >= 11 is 9.67. The van der Waals surface area contributed by atoms with E-state index in [1.807, 2.05) is 18.3 Å². The first-order valence-corrected chi connectivity index (χ1v) is 6.97. The molecule has 0 spiro atoms. The number of hydrogen-bond acceptors (Lipinski definition) is 2. The maximum Gasteiger partial charge on any atom is 0.0737 e. The molecule has 88 valence electrons. The van der Waals surface area contributed by atoms with Crippen LogP contribution in [0.25, 0.3) is 10.9 Å². The SMILES string of the molecule is Clc1ccc2c(N3CCC(Br)C3)ccnc2c1. The van der Waals surface area contributed by atoms with Crippen LogP contribution >= 0.6 is 27.5 Å². The summed E-state index contributed by atoms with van der Waals surface area (Å²) in [5, 5.41) is 1.92. The number of alkyl halides is 1. The van der Waals surface area contributed by atoms with Crippen molar-refractivity contribution in [2.75, 3.05) is 18.0 Å². The first kappa shape index (κ1) is 11.3. The maximum atomic E-state index is 5.99. The lowest BCUT2D eigenvalue weighted by atomic mass is 10.2. The number of benzene rings is 1. The van der Waals surface area contributed by atoms with Crippen LogP contribution < -0.4 is 4.90 Å². The predicted molar refractivity (Wildman–Crippen MR) is 76.3 cm³/mol. The van der Waals surface area contributed by atoms with Gasteiger partial charge in [-0.15, -0.1) is 0 Å². The quantitative estimate of drug-likeness (QED) is 0.743. The van der Waals surface area contributed by atoms with Gasteiger partial charge in [-0.3, -0.25) is 4.98 Å². The fourth-order valence-corrected chi connectivity index (χ4v) is 3.04. The molecule has 1 saturated heterocycles. The van der Waals surface area contributed by atoms with E-state index < -0.39 is 0 Å². The Balaban J connectivity index is 2.10. The molecule has 1 aliphatic heterocycles. The average molecular weight is 312 g/mol. The molecular weight excluding hydrogens is 300 g/mol. The van der Waals surface area contributed by atoms with Gasteiger partial charge in [0.1, 0.15) is 0 Å². The second kappa shape index (κ2) is 4.46. The topological polar surface area (TPSA) is 16.1 Å². The Labute approximate surface area is 114 Å². The van der Waals surface area contributed by atoms with Gasteiger partial charge in [-0.2, -0.15) is 0 Å². The van der Waals surface area contributed by atoms with Gasteiger partial charge in [0, 0.05) is 40.2 Å². The highest BCUT2D eigenvalue weighted by molar-refractivity contribution is 9.09. The number of pyridine rings is 1. The summed E-state index contributed by atoms with van der Waals surface area (Å²) in [6.07, 6.45) is 3.05. The minimum absolute atomic E-state index is 0.595. The second-order valence-corrected chi connectivity index (χ2v) is 6.05. The molecule has 17 heavy (non-hydrogen) atoms. The van der Waals surface area contributed by atoms with E-state index in [-0.39, 0.29) is 0 Å². The van der Waals surface area contributed by atoms with Crippen LogP contribution in [0.5, 0.6) is 0 Å². The lowest BCUT2D eigenvalue weighted by molar-refractivity contribution is 0.970. The lowest BCUT2D eigenvalue weighted by Gasteiger charge is -2.19. The van der Waals surface area contributed by atoms with Gasteiger partial charge in [0.15, 0.2) is 0 Å². The van der Waals surface area contributed by atoms with Gasteiger partial charge in [0.2, 0.25) is 0 Å². The van der Waals surface area contributed by atoms with E-state index in [0.717, 1.165) is 23.6 Å². The van der Waals surface area contributed by atoms with Gasteiger partial charge in [-0.25, -0.2) is 0 Å². The molecule has 1 fully saturated rings. The first-order chi connectivity index (χ1) is 8.24. The van der Waals surface area contributed by atoms with Crippen molar-refractivity contribution in [2.45, 2.75) is 11.2 Å². The third kappa shape index (κ3) is 2.14. The zero-order chi connectivity index (χ0) is 11.8. The predicted octanol–water partition coefficient (Wildman–Crippen LogP) is 3.86. The number of rotatable bonds is 1. The Morgan fingerprint density at radius 1 is 1.35 bits per heavy atom. The minimum atomic E-state index is 0.595. The number of fused-ring (bicyclic) bond motifs is 1. The molecule has 2 nitrogen and oxygen atoms in total. The Hall–Kier alpha value is -0.800. The van der Waals surface area contributed by atoms with Crippen molar-refractivity contribution in [1.82, 2.24) is 4.98 Å². The molecule has 0 N–H and O–H groups in total. The molecule has 0 bridgehead atoms. The van der Waals surface area contributed by atoms with E-state index in [1.54, 1.807) is 0 Å². The second-order valence-electron chi connectivity index (χ2n) is 4.32. The highest BCUT2D eigenvalue weighted by Crippen LogP contribution is 2.30. The van der Waals surface area contributed by atoms with Crippen molar-refractivity contribution in [1.29, 1.82) is 0 Å². The Kier molecular flexibility index (Phi) is 2.97. The van der Waals surface area contributed by atoms with Crippen molar-refractivity contribution in [3.63, 3.8) is 0 Å². The van der Waals surface area contributed by atoms with Gasteiger partial charge in [0.05, 0.1) is 5.52 Å². The summed E-state index contributed by atoms with van der Waals surface area (Å²) in [5.41, 5.74) is 2.22. The largest absolute Gasteiger partial charge is 0.370 e. The summed E-state index contributed by atoms with van der Waals surface area (Å²) in [7, 11) is 0. The normalized spacial score (nSPS) is 20.1. The molecule has 3 rings (SSSR count). The molecule has 0 radical (unpaired) electrons. The molecule has 0 amide bonds. The maximum absolute atomic E-state index is 5.99. The van der Waals surface area contributed by atoms with Crippen LogP contribution in [0.4, 0.5) is 5.69 Å². The molecule has 1 aliphatic rings. The molecule has 1 aromatic carbocycles. The van der Waals surface area contributed by atoms with Crippen molar-refractivity contribution in [3.8, 4) is 0 Å². The molecule has 2 aromatic rings. The smallest absolute Gasteiger partial charge is 0.0737 e. The molecule has 1 atom stereocenters. The molecule has 2 heterocycles. The third-order valence-corrected chi connectivity index (χ3v) is 4.14. The number of nitrogens with zero attached hydrogens (tertiary/aromatic N) is 2. The zero-order valence-electron chi connectivity index (χ0n) is 9.24. The highest BCUT2D eigenvalue weighted by atomic mass is 79.9. The molecular formula is C13H12BrClN2. The van der Waals surface area contributed by atoms with Crippen molar-refractivity contribution >= 4 is 44.1 Å². The molecule has 4 heteroatoms. The fraction of sp³-hybridized carbons (Fsp3) is 0.308. The first-order valence-electron chi connectivity index (χ1n) is 5.67. The Morgan fingerprint density at radius 3 is 3.00 bits per heavy atom. The van der Waals surface area contributed by atoms with Crippen LogP contribution in [0.1, 0.15) is 6.42 Å². The standard InChI is InChI=1S/C13H12BrClN2/c14-9-4-6-17(8-9)13-3-5-16-12-7-10(15)1-2-11(12)13/h1-3,5,7,9H,4,6,8H2. The van der Waals surface area contributed by atoms with Crippen LogP contribution in [0, 0.1) is 0 Å². The molecule has 1 aromatic heterocycles. The van der Waals surface area contributed by atoms with Crippen LogP contribution in [-0.4, -0.2) is 22.9 Å². The van der Waals surface area contributed by atoms with Gasteiger partial charge in [0.25, 0.3) is 0 Å².